The lowest BCUT2D eigenvalue weighted by Gasteiger charge is -2.17. The molecule has 1 heterocycles. The van der Waals surface area contributed by atoms with E-state index < -0.39 is 10.8 Å². The summed E-state index contributed by atoms with van der Waals surface area (Å²) in [6.45, 7) is 6.32. The summed E-state index contributed by atoms with van der Waals surface area (Å²) < 4.78 is 1.93. The fourth-order valence-corrected chi connectivity index (χ4v) is 2.78. The van der Waals surface area contributed by atoms with Crippen molar-refractivity contribution in [2.24, 2.45) is 0 Å². The summed E-state index contributed by atoms with van der Waals surface area (Å²) in [5.41, 5.74) is 0.829. The molecule has 1 N–H and O–H groups in total. The molecule has 1 aromatic carbocycles. The predicted octanol–water partition coefficient (Wildman–Crippen LogP) is 3.43. The molecule has 0 fully saturated rings. The lowest BCUT2D eigenvalue weighted by molar-refractivity contribution is -0.383. The summed E-state index contributed by atoms with van der Waals surface area (Å²) in [6.07, 6.45) is 1.92. The Labute approximate surface area is 145 Å². The highest BCUT2D eigenvalue weighted by Gasteiger charge is 2.20. The van der Waals surface area contributed by atoms with Gasteiger partial charge < -0.3 is 9.88 Å². The van der Waals surface area contributed by atoms with E-state index in [1.54, 1.807) is 13.0 Å². The number of pyridine rings is 1. The van der Waals surface area contributed by atoms with Gasteiger partial charge >= 0.3 is 0 Å². The summed E-state index contributed by atoms with van der Waals surface area (Å²) in [5.74, 6) is -0.637. The first-order valence-corrected chi connectivity index (χ1v) is 8.12. The van der Waals surface area contributed by atoms with Gasteiger partial charge in [0.2, 0.25) is 0 Å². The van der Waals surface area contributed by atoms with Gasteiger partial charge in [0.25, 0.3) is 11.6 Å². The van der Waals surface area contributed by atoms with Gasteiger partial charge in [0, 0.05) is 30.1 Å². The average Bonchev–Trinajstić information content (AvgIpc) is 2.54. The number of amides is 1. The first kappa shape index (κ1) is 18.4. The number of carbonyl (C=O) groups excluding carboxylic acids is 1. The quantitative estimate of drug-likeness (QED) is 0.642. The van der Waals surface area contributed by atoms with E-state index in [2.05, 4.69) is 12.2 Å². The maximum absolute atomic E-state index is 12.6. The van der Waals surface area contributed by atoms with Crippen LogP contribution in [0.25, 0.3) is 0 Å². The molecule has 2 aromatic rings. The van der Waals surface area contributed by atoms with Crippen molar-refractivity contribution in [3.05, 3.63) is 67.6 Å². The molecule has 2 rings (SSSR count). The number of aromatic nitrogens is 1. The zero-order valence-electron chi connectivity index (χ0n) is 14.5. The van der Waals surface area contributed by atoms with Crippen LogP contribution in [0.4, 0.5) is 11.4 Å². The van der Waals surface area contributed by atoms with Crippen LogP contribution < -0.4 is 10.7 Å². The average molecular weight is 343 g/mol. The van der Waals surface area contributed by atoms with E-state index >= 15 is 0 Å². The molecule has 132 valence electrons. The fourth-order valence-electron chi connectivity index (χ4n) is 2.78. The number of para-hydroxylation sites is 2. The first-order chi connectivity index (χ1) is 11.9. The Morgan fingerprint density at radius 2 is 1.96 bits per heavy atom. The number of nitro benzene ring substituents is 1. The molecule has 0 aliphatic heterocycles. The number of anilines is 1. The van der Waals surface area contributed by atoms with Crippen LogP contribution in [0.2, 0.25) is 0 Å². The number of nitro groups is 1. The lowest BCUT2D eigenvalue weighted by Crippen LogP contribution is -2.27. The van der Waals surface area contributed by atoms with Crippen LogP contribution in [0.3, 0.4) is 0 Å². The minimum Gasteiger partial charge on any atom is -0.348 e. The highest BCUT2D eigenvalue weighted by Crippen LogP contribution is 2.24. The number of carbonyl (C=O) groups is 1. The van der Waals surface area contributed by atoms with Crippen LogP contribution in [0.1, 0.15) is 41.5 Å². The number of unbranched alkanes of at least 4 members (excludes halogenated alkanes) is 1. The number of rotatable bonds is 6. The molecule has 0 atom stereocenters. The zero-order chi connectivity index (χ0) is 18.6. The summed E-state index contributed by atoms with van der Waals surface area (Å²) in [7, 11) is 0. The molecule has 0 bridgehead atoms. The van der Waals surface area contributed by atoms with Crippen molar-refractivity contribution in [2.75, 3.05) is 5.32 Å². The Morgan fingerprint density at radius 1 is 1.28 bits per heavy atom. The molecule has 0 saturated heterocycles. The van der Waals surface area contributed by atoms with Crippen LogP contribution in [0.15, 0.2) is 35.1 Å². The molecular formula is C18H21N3O4. The smallest absolute Gasteiger partial charge is 0.292 e. The standard InChI is InChI=1S/C18H21N3O4/c1-4-5-10-20-12(2)11-16(22)17(13(20)3)18(23)19-14-8-6-7-9-15(14)21(24)25/h6-9,11H,4-5,10H2,1-3H3,(H,19,23). The molecule has 0 unspecified atom stereocenters. The van der Waals surface area contributed by atoms with Gasteiger partial charge in [0.15, 0.2) is 5.43 Å². The molecule has 0 saturated carbocycles. The van der Waals surface area contributed by atoms with Gasteiger partial charge in [-0.05, 0) is 26.3 Å². The third-order valence-corrected chi connectivity index (χ3v) is 4.09. The number of benzene rings is 1. The third kappa shape index (κ3) is 3.93. The third-order valence-electron chi connectivity index (χ3n) is 4.09. The molecule has 7 nitrogen and oxygen atoms in total. The second-order valence-corrected chi connectivity index (χ2v) is 5.84. The Hall–Kier alpha value is -2.96. The Balaban J connectivity index is 2.43. The predicted molar refractivity (Wildman–Crippen MR) is 96.1 cm³/mol. The maximum atomic E-state index is 12.6. The number of nitrogens with one attached hydrogen (secondary N) is 1. The van der Waals surface area contributed by atoms with Crippen LogP contribution in [0, 0.1) is 24.0 Å². The van der Waals surface area contributed by atoms with Crippen LogP contribution >= 0.6 is 0 Å². The van der Waals surface area contributed by atoms with Crippen LogP contribution in [-0.2, 0) is 6.54 Å². The monoisotopic (exact) mass is 343 g/mol. The number of hydrogen-bond acceptors (Lipinski definition) is 4. The van der Waals surface area contributed by atoms with Gasteiger partial charge in [0.05, 0.1) is 4.92 Å². The minimum atomic E-state index is -0.637. The molecule has 0 radical (unpaired) electrons. The SMILES string of the molecule is CCCCn1c(C)cc(=O)c(C(=O)Nc2ccccc2[N+](=O)[O-])c1C. The highest BCUT2D eigenvalue weighted by molar-refractivity contribution is 6.06. The van der Waals surface area contributed by atoms with E-state index in [-0.39, 0.29) is 22.4 Å². The lowest BCUT2D eigenvalue weighted by atomic mass is 10.1. The summed E-state index contributed by atoms with van der Waals surface area (Å²) in [4.78, 5) is 35.5. The van der Waals surface area contributed by atoms with Crippen LogP contribution in [-0.4, -0.2) is 15.4 Å². The molecule has 0 spiro atoms. The van der Waals surface area contributed by atoms with E-state index in [0.29, 0.717) is 12.2 Å². The minimum absolute atomic E-state index is 0.0138. The summed E-state index contributed by atoms with van der Waals surface area (Å²) in [6, 6.07) is 7.27. The van der Waals surface area contributed by atoms with Crippen molar-refractivity contribution in [1.82, 2.24) is 4.57 Å². The summed E-state index contributed by atoms with van der Waals surface area (Å²) >= 11 is 0. The van der Waals surface area contributed by atoms with Gasteiger partial charge in [-0.15, -0.1) is 0 Å². The van der Waals surface area contributed by atoms with Gasteiger partial charge in [-0.3, -0.25) is 19.7 Å². The molecule has 0 aliphatic carbocycles. The molecule has 25 heavy (non-hydrogen) atoms. The van der Waals surface area contributed by atoms with Crippen molar-refractivity contribution in [3.63, 3.8) is 0 Å². The van der Waals surface area contributed by atoms with Crippen molar-refractivity contribution < 1.29 is 9.72 Å². The zero-order valence-corrected chi connectivity index (χ0v) is 14.5. The molecular weight excluding hydrogens is 322 g/mol. The van der Waals surface area contributed by atoms with Crippen LogP contribution in [0.5, 0.6) is 0 Å². The van der Waals surface area contributed by atoms with Crippen molar-refractivity contribution in [2.45, 2.75) is 40.2 Å². The van der Waals surface area contributed by atoms with Gasteiger partial charge in [-0.1, -0.05) is 25.5 Å². The number of hydrogen-bond donors (Lipinski definition) is 1. The highest BCUT2D eigenvalue weighted by atomic mass is 16.6. The Kier molecular flexibility index (Phi) is 5.69. The number of nitrogens with zero attached hydrogens (tertiary/aromatic N) is 2. The molecule has 7 heteroatoms. The van der Waals surface area contributed by atoms with E-state index in [1.807, 2.05) is 11.5 Å². The first-order valence-electron chi connectivity index (χ1n) is 8.12. The maximum Gasteiger partial charge on any atom is 0.292 e. The topological polar surface area (TPSA) is 94.2 Å². The largest absolute Gasteiger partial charge is 0.348 e. The molecule has 0 aliphatic rings. The fraction of sp³-hybridized carbons (Fsp3) is 0.333. The summed E-state index contributed by atoms with van der Waals surface area (Å²) in [5, 5.41) is 13.6. The number of aryl methyl sites for hydroxylation is 1. The normalized spacial score (nSPS) is 10.5. The van der Waals surface area contributed by atoms with Crippen molar-refractivity contribution in [1.29, 1.82) is 0 Å². The Morgan fingerprint density at radius 3 is 2.60 bits per heavy atom. The molecule has 1 amide bonds. The van der Waals surface area contributed by atoms with Crippen molar-refractivity contribution >= 4 is 17.3 Å². The van der Waals surface area contributed by atoms with E-state index in [9.17, 15) is 19.7 Å². The van der Waals surface area contributed by atoms with Gasteiger partial charge in [-0.25, -0.2) is 0 Å². The van der Waals surface area contributed by atoms with Gasteiger partial charge in [-0.2, -0.15) is 0 Å². The van der Waals surface area contributed by atoms with E-state index in [1.165, 1.54) is 24.3 Å². The second kappa shape index (κ2) is 7.74. The molecule has 1 aromatic heterocycles. The van der Waals surface area contributed by atoms with E-state index in [0.717, 1.165) is 18.5 Å². The van der Waals surface area contributed by atoms with E-state index in [4.69, 9.17) is 0 Å². The second-order valence-electron chi connectivity index (χ2n) is 5.84. The van der Waals surface area contributed by atoms with Crippen molar-refractivity contribution in [3.8, 4) is 0 Å². The Bertz CT molecular complexity index is 871. The van der Waals surface area contributed by atoms with Gasteiger partial charge in [0.1, 0.15) is 11.3 Å².